The molecule has 0 bridgehead atoms. The van der Waals surface area contributed by atoms with Gasteiger partial charge in [0, 0.05) is 30.4 Å². The van der Waals surface area contributed by atoms with Crippen LogP contribution in [-0.4, -0.2) is 42.8 Å². The number of urea groups is 1. The largest absolute Gasteiger partial charge is 0.378 e. The van der Waals surface area contributed by atoms with Crippen LogP contribution in [0.3, 0.4) is 0 Å². The first-order valence-electron chi connectivity index (χ1n) is 7.80. The molecule has 2 N–H and O–H groups in total. The van der Waals surface area contributed by atoms with E-state index in [2.05, 4.69) is 30.7 Å². The van der Waals surface area contributed by atoms with E-state index in [1.54, 1.807) is 0 Å². The van der Waals surface area contributed by atoms with Gasteiger partial charge in [0.25, 0.3) is 0 Å². The van der Waals surface area contributed by atoms with Gasteiger partial charge in [-0.3, -0.25) is 0 Å². The molecule has 1 aliphatic carbocycles. The van der Waals surface area contributed by atoms with Crippen molar-refractivity contribution in [2.45, 2.75) is 56.9 Å². The molecule has 1 saturated carbocycles. The zero-order valence-electron chi connectivity index (χ0n) is 12.9. The van der Waals surface area contributed by atoms with E-state index in [0.29, 0.717) is 29.2 Å². The Morgan fingerprint density at radius 3 is 2.85 bits per heavy atom. The summed E-state index contributed by atoms with van der Waals surface area (Å²) in [5.74, 6) is 0.976. The number of hydrogen-bond acceptors (Lipinski definition) is 3. The fourth-order valence-electron chi connectivity index (χ4n) is 3.43. The van der Waals surface area contributed by atoms with Crippen LogP contribution in [0.1, 0.15) is 39.5 Å². The Morgan fingerprint density at radius 1 is 1.35 bits per heavy atom. The number of carbonyl (C=O) groups is 1. The Morgan fingerprint density at radius 2 is 2.15 bits per heavy atom. The molecule has 0 unspecified atom stereocenters. The van der Waals surface area contributed by atoms with E-state index in [1.165, 1.54) is 12.8 Å². The van der Waals surface area contributed by atoms with E-state index < -0.39 is 0 Å². The summed E-state index contributed by atoms with van der Waals surface area (Å²) in [5.41, 5.74) is 0. The van der Waals surface area contributed by atoms with Gasteiger partial charge < -0.3 is 15.4 Å². The molecule has 0 aromatic carbocycles. The second-order valence-corrected chi connectivity index (χ2v) is 7.37. The highest BCUT2D eigenvalue weighted by atomic mass is 32.2. The maximum atomic E-state index is 12.0. The molecule has 1 saturated heterocycles. The molecular formula is C15H28N2O2S. The summed E-state index contributed by atoms with van der Waals surface area (Å²) in [6.07, 6.45) is 7.03. The molecule has 1 aliphatic heterocycles. The second kappa shape index (κ2) is 7.55. The lowest BCUT2D eigenvalue weighted by atomic mass is 9.93. The van der Waals surface area contributed by atoms with Gasteiger partial charge in [-0.05, 0) is 31.4 Å². The maximum absolute atomic E-state index is 12.0. The monoisotopic (exact) mass is 300 g/mol. The number of hydrogen-bond donors (Lipinski definition) is 2. The first kappa shape index (κ1) is 16.0. The SMILES string of the molecule is CS[C@@H]1CCC[C@@H]1NC(=O)NC[C@@H]1CCO[C@H]1C(C)C. The molecule has 0 spiro atoms. The summed E-state index contributed by atoms with van der Waals surface area (Å²) >= 11 is 1.87. The number of thioether (sulfide) groups is 1. The summed E-state index contributed by atoms with van der Waals surface area (Å²) in [5, 5.41) is 6.76. The van der Waals surface area contributed by atoms with E-state index in [-0.39, 0.29) is 6.03 Å². The van der Waals surface area contributed by atoms with Crippen LogP contribution < -0.4 is 10.6 Å². The second-order valence-electron chi connectivity index (χ2n) is 6.29. The summed E-state index contributed by atoms with van der Waals surface area (Å²) in [7, 11) is 0. The van der Waals surface area contributed by atoms with E-state index >= 15 is 0 Å². The first-order valence-corrected chi connectivity index (χ1v) is 9.09. The van der Waals surface area contributed by atoms with Crippen molar-refractivity contribution < 1.29 is 9.53 Å². The fraction of sp³-hybridized carbons (Fsp3) is 0.933. The number of amides is 2. The Bertz CT molecular complexity index is 325. The van der Waals surface area contributed by atoms with Crippen molar-refractivity contribution in [3.05, 3.63) is 0 Å². The summed E-state index contributed by atoms with van der Waals surface area (Å²) in [6.45, 7) is 5.93. The minimum absolute atomic E-state index is 0.00893. The molecular weight excluding hydrogens is 272 g/mol. The van der Waals surface area contributed by atoms with Gasteiger partial charge in [-0.2, -0.15) is 11.8 Å². The molecule has 4 nitrogen and oxygen atoms in total. The van der Waals surface area contributed by atoms with Gasteiger partial charge in [-0.1, -0.05) is 20.3 Å². The Labute approximate surface area is 126 Å². The quantitative estimate of drug-likeness (QED) is 0.820. The Balaban J connectivity index is 1.72. The molecule has 1 heterocycles. The average Bonchev–Trinajstić information content (AvgIpc) is 3.04. The molecule has 2 fully saturated rings. The third-order valence-corrected chi connectivity index (χ3v) is 5.69. The third kappa shape index (κ3) is 4.04. The minimum atomic E-state index is -0.00893. The molecule has 0 radical (unpaired) electrons. The van der Waals surface area contributed by atoms with Gasteiger partial charge in [0.15, 0.2) is 0 Å². The molecule has 2 aliphatic rings. The lowest BCUT2D eigenvalue weighted by Crippen LogP contribution is -2.46. The summed E-state index contributed by atoms with van der Waals surface area (Å²) < 4.78 is 5.75. The topological polar surface area (TPSA) is 50.4 Å². The van der Waals surface area contributed by atoms with E-state index in [0.717, 1.165) is 26.0 Å². The molecule has 0 aromatic rings. The Hall–Kier alpha value is -0.420. The fourth-order valence-corrected chi connectivity index (χ4v) is 4.36. The lowest BCUT2D eigenvalue weighted by Gasteiger charge is -2.23. The van der Waals surface area contributed by atoms with Gasteiger partial charge in [0.1, 0.15) is 0 Å². The smallest absolute Gasteiger partial charge is 0.315 e. The molecule has 4 atom stereocenters. The van der Waals surface area contributed by atoms with Gasteiger partial charge in [0.05, 0.1) is 6.10 Å². The average molecular weight is 300 g/mol. The van der Waals surface area contributed by atoms with Crippen molar-refractivity contribution in [2.24, 2.45) is 11.8 Å². The summed E-state index contributed by atoms with van der Waals surface area (Å²) in [4.78, 5) is 12.0. The van der Waals surface area contributed by atoms with Crippen LogP contribution in [0.15, 0.2) is 0 Å². The molecule has 20 heavy (non-hydrogen) atoms. The molecule has 2 amide bonds. The van der Waals surface area contributed by atoms with Crippen molar-refractivity contribution in [3.63, 3.8) is 0 Å². The van der Waals surface area contributed by atoms with Crippen LogP contribution in [0.4, 0.5) is 4.79 Å². The zero-order valence-corrected chi connectivity index (χ0v) is 13.7. The number of rotatable bonds is 5. The van der Waals surface area contributed by atoms with Crippen LogP contribution in [0, 0.1) is 11.8 Å². The van der Waals surface area contributed by atoms with Crippen LogP contribution in [0.5, 0.6) is 0 Å². The highest BCUT2D eigenvalue weighted by Gasteiger charge is 2.31. The summed E-state index contributed by atoms with van der Waals surface area (Å²) in [6, 6.07) is 0.330. The lowest BCUT2D eigenvalue weighted by molar-refractivity contribution is 0.0545. The van der Waals surface area contributed by atoms with Gasteiger partial charge in [0.2, 0.25) is 0 Å². The van der Waals surface area contributed by atoms with Crippen LogP contribution >= 0.6 is 11.8 Å². The van der Waals surface area contributed by atoms with Crippen molar-refractivity contribution in [2.75, 3.05) is 19.4 Å². The van der Waals surface area contributed by atoms with Gasteiger partial charge >= 0.3 is 6.03 Å². The van der Waals surface area contributed by atoms with E-state index in [4.69, 9.17) is 4.74 Å². The molecule has 5 heteroatoms. The molecule has 116 valence electrons. The van der Waals surface area contributed by atoms with Crippen LogP contribution in [0.2, 0.25) is 0 Å². The normalized spacial score (nSPS) is 33.6. The standard InChI is InChI=1S/C15H28N2O2S/c1-10(2)14-11(7-8-19-14)9-16-15(18)17-12-5-4-6-13(12)20-3/h10-14H,4-9H2,1-3H3,(H2,16,17,18)/t11-,12-,13+,14-/m0/s1. The van der Waals surface area contributed by atoms with Crippen molar-refractivity contribution in [1.82, 2.24) is 10.6 Å². The number of carbonyl (C=O) groups excluding carboxylic acids is 1. The van der Waals surface area contributed by atoms with Gasteiger partial charge in [-0.15, -0.1) is 0 Å². The van der Waals surface area contributed by atoms with Crippen molar-refractivity contribution in [1.29, 1.82) is 0 Å². The highest BCUT2D eigenvalue weighted by Crippen LogP contribution is 2.28. The van der Waals surface area contributed by atoms with E-state index in [9.17, 15) is 4.79 Å². The third-order valence-electron chi connectivity index (χ3n) is 4.52. The number of ether oxygens (including phenoxy) is 1. The van der Waals surface area contributed by atoms with Crippen molar-refractivity contribution >= 4 is 17.8 Å². The highest BCUT2D eigenvalue weighted by molar-refractivity contribution is 7.99. The minimum Gasteiger partial charge on any atom is -0.378 e. The first-order chi connectivity index (χ1) is 9.61. The van der Waals surface area contributed by atoms with E-state index in [1.807, 2.05) is 11.8 Å². The van der Waals surface area contributed by atoms with Crippen LogP contribution in [0.25, 0.3) is 0 Å². The number of nitrogens with one attached hydrogen (secondary N) is 2. The predicted molar refractivity (Wildman–Crippen MR) is 84.2 cm³/mol. The molecule has 0 aromatic heterocycles. The van der Waals surface area contributed by atoms with Crippen molar-refractivity contribution in [3.8, 4) is 0 Å². The maximum Gasteiger partial charge on any atom is 0.315 e. The predicted octanol–water partition coefficient (Wildman–Crippen LogP) is 2.63. The zero-order chi connectivity index (χ0) is 14.5. The van der Waals surface area contributed by atoms with Crippen LogP contribution in [-0.2, 0) is 4.74 Å². The molecule has 2 rings (SSSR count). The Kier molecular flexibility index (Phi) is 6.02. The van der Waals surface area contributed by atoms with Gasteiger partial charge in [-0.25, -0.2) is 4.79 Å².